The normalized spacial score (nSPS) is 11.5. The van der Waals surface area contributed by atoms with Crippen LogP contribution in [-0.2, 0) is 12.7 Å². The average Bonchev–Trinajstić information content (AvgIpc) is 2.36. The summed E-state index contributed by atoms with van der Waals surface area (Å²) >= 11 is 6.83. The van der Waals surface area contributed by atoms with Gasteiger partial charge < -0.3 is 5.32 Å². The molecule has 0 heterocycles. The van der Waals surface area contributed by atoms with Crippen LogP contribution >= 0.6 is 31.9 Å². The summed E-state index contributed by atoms with van der Waals surface area (Å²) in [6.45, 7) is 2.04. The first-order valence-electron chi connectivity index (χ1n) is 6.13. The van der Waals surface area contributed by atoms with E-state index in [2.05, 4.69) is 37.2 Å². The van der Waals surface area contributed by atoms with Gasteiger partial charge in [-0.2, -0.15) is 13.2 Å². The molecule has 0 saturated carbocycles. The van der Waals surface area contributed by atoms with E-state index in [0.717, 1.165) is 26.3 Å². The fourth-order valence-electron chi connectivity index (χ4n) is 2.00. The Hall–Kier alpha value is -1.01. The van der Waals surface area contributed by atoms with Crippen molar-refractivity contribution in [3.8, 4) is 0 Å². The maximum atomic E-state index is 12.9. The van der Waals surface area contributed by atoms with Crippen LogP contribution in [0.25, 0.3) is 0 Å². The molecule has 0 fully saturated rings. The number of nitrogens with one attached hydrogen (secondary N) is 1. The minimum absolute atomic E-state index is 0.0932. The van der Waals surface area contributed by atoms with E-state index in [0.29, 0.717) is 0 Å². The van der Waals surface area contributed by atoms with Crippen molar-refractivity contribution in [3.05, 3.63) is 62.0 Å². The van der Waals surface area contributed by atoms with Crippen LogP contribution in [0.2, 0.25) is 0 Å². The summed E-state index contributed by atoms with van der Waals surface area (Å²) < 4.78 is 40.4. The summed E-state index contributed by atoms with van der Waals surface area (Å²) in [4.78, 5) is 0. The molecule has 0 aliphatic rings. The molecule has 2 aromatic rings. The number of alkyl halides is 3. The average molecular weight is 423 g/mol. The molecule has 0 amide bonds. The van der Waals surface area contributed by atoms with Crippen LogP contribution in [-0.4, -0.2) is 0 Å². The minimum Gasteiger partial charge on any atom is -0.379 e. The Morgan fingerprint density at radius 3 is 2.19 bits per heavy atom. The highest BCUT2D eigenvalue weighted by Crippen LogP contribution is 2.35. The second kappa shape index (κ2) is 6.40. The fourth-order valence-corrected chi connectivity index (χ4v) is 3.70. The molecule has 0 bridgehead atoms. The van der Waals surface area contributed by atoms with E-state index in [9.17, 15) is 13.2 Å². The molecule has 0 unspecified atom stereocenters. The van der Waals surface area contributed by atoms with Crippen LogP contribution in [0.4, 0.5) is 18.9 Å². The second-order valence-electron chi connectivity index (χ2n) is 4.61. The zero-order valence-corrected chi connectivity index (χ0v) is 14.2. The number of hydrogen-bond acceptors (Lipinski definition) is 1. The van der Waals surface area contributed by atoms with Crippen molar-refractivity contribution >= 4 is 37.5 Å². The number of halogens is 5. The summed E-state index contributed by atoms with van der Waals surface area (Å²) in [6, 6.07) is 9.38. The molecule has 0 radical (unpaired) electrons. The SMILES string of the molecule is Cc1cc(Br)c(NCc2ccccc2C(F)(F)F)c(Br)c1. The third-order valence-electron chi connectivity index (χ3n) is 2.96. The molecule has 0 saturated heterocycles. The van der Waals surface area contributed by atoms with Gasteiger partial charge in [0.1, 0.15) is 0 Å². The molecule has 0 spiro atoms. The predicted octanol–water partition coefficient (Wildman–Crippen LogP) is 6.15. The standard InChI is InChI=1S/C15H12Br2F3N/c1-9-6-12(16)14(13(17)7-9)21-8-10-4-2-3-5-11(10)15(18,19)20/h2-7,21H,8H2,1H3. The summed E-state index contributed by atoms with van der Waals surface area (Å²) in [5, 5.41) is 3.04. The number of anilines is 1. The fraction of sp³-hybridized carbons (Fsp3) is 0.200. The van der Waals surface area contributed by atoms with Crippen LogP contribution in [0.3, 0.4) is 0 Å². The van der Waals surface area contributed by atoms with Crippen molar-refractivity contribution in [2.75, 3.05) is 5.32 Å². The molecule has 21 heavy (non-hydrogen) atoms. The molecule has 6 heteroatoms. The van der Waals surface area contributed by atoms with E-state index in [1.165, 1.54) is 12.1 Å². The van der Waals surface area contributed by atoms with Crippen molar-refractivity contribution in [2.45, 2.75) is 19.6 Å². The molecule has 112 valence electrons. The third kappa shape index (κ3) is 4.01. The van der Waals surface area contributed by atoms with Crippen LogP contribution < -0.4 is 5.32 Å². The number of aryl methyl sites for hydroxylation is 1. The molecular formula is C15H12Br2F3N. The van der Waals surface area contributed by atoms with Gasteiger partial charge in [-0.05, 0) is 68.1 Å². The van der Waals surface area contributed by atoms with E-state index < -0.39 is 11.7 Å². The van der Waals surface area contributed by atoms with Gasteiger partial charge in [0.15, 0.2) is 0 Å². The lowest BCUT2D eigenvalue weighted by Gasteiger charge is -2.15. The van der Waals surface area contributed by atoms with Crippen molar-refractivity contribution in [1.82, 2.24) is 0 Å². The number of rotatable bonds is 3. The van der Waals surface area contributed by atoms with Crippen LogP contribution in [0, 0.1) is 6.92 Å². The monoisotopic (exact) mass is 421 g/mol. The quantitative estimate of drug-likeness (QED) is 0.625. The van der Waals surface area contributed by atoms with Crippen LogP contribution in [0.5, 0.6) is 0 Å². The highest BCUT2D eigenvalue weighted by atomic mass is 79.9. The van der Waals surface area contributed by atoms with Crippen LogP contribution in [0.15, 0.2) is 45.3 Å². The van der Waals surface area contributed by atoms with Gasteiger partial charge in [-0.15, -0.1) is 0 Å². The lowest BCUT2D eigenvalue weighted by Crippen LogP contribution is -2.12. The third-order valence-corrected chi connectivity index (χ3v) is 4.22. The Morgan fingerprint density at radius 2 is 1.62 bits per heavy atom. The topological polar surface area (TPSA) is 12.0 Å². The Labute approximate surface area is 137 Å². The van der Waals surface area contributed by atoms with Gasteiger partial charge in [-0.3, -0.25) is 0 Å². The molecule has 0 atom stereocenters. The molecular weight excluding hydrogens is 411 g/mol. The van der Waals surface area contributed by atoms with Gasteiger partial charge in [-0.25, -0.2) is 0 Å². The molecule has 1 N–H and O–H groups in total. The van der Waals surface area contributed by atoms with E-state index in [4.69, 9.17) is 0 Å². The highest BCUT2D eigenvalue weighted by Gasteiger charge is 2.32. The zero-order chi connectivity index (χ0) is 15.6. The Morgan fingerprint density at radius 1 is 1.05 bits per heavy atom. The van der Waals surface area contributed by atoms with Gasteiger partial charge in [0, 0.05) is 15.5 Å². The molecule has 0 aliphatic heterocycles. The van der Waals surface area contributed by atoms with E-state index in [-0.39, 0.29) is 12.1 Å². The minimum atomic E-state index is -4.35. The lowest BCUT2D eigenvalue weighted by atomic mass is 10.1. The van der Waals surface area contributed by atoms with E-state index in [1.54, 1.807) is 6.07 Å². The van der Waals surface area contributed by atoms with Gasteiger partial charge in [0.05, 0.1) is 11.3 Å². The van der Waals surface area contributed by atoms with Crippen molar-refractivity contribution in [2.24, 2.45) is 0 Å². The first-order chi connectivity index (χ1) is 9.79. The summed E-state index contributed by atoms with van der Waals surface area (Å²) in [5.41, 5.74) is 1.38. The Bertz CT molecular complexity index is 631. The second-order valence-corrected chi connectivity index (χ2v) is 6.32. The Balaban J connectivity index is 2.26. The summed E-state index contributed by atoms with van der Waals surface area (Å²) in [6.07, 6.45) is -4.35. The van der Waals surface area contributed by atoms with Crippen molar-refractivity contribution in [1.29, 1.82) is 0 Å². The predicted molar refractivity (Wildman–Crippen MR) is 85.3 cm³/mol. The van der Waals surface area contributed by atoms with Crippen molar-refractivity contribution < 1.29 is 13.2 Å². The van der Waals surface area contributed by atoms with Gasteiger partial charge in [0.25, 0.3) is 0 Å². The molecule has 0 aromatic heterocycles. The van der Waals surface area contributed by atoms with Gasteiger partial charge in [0.2, 0.25) is 0 Å². The largest absolute Gasteiger partial charge is 0.416 e. The maximum absolute atomic E-state index is 12.9. The molecule has 2 rings (SSSR count). The van der Waals surface area contributed by atoms with E-state index >= 15 is 0 Å². The zero-order valence-electron chi connectivity index (χ0n) is 11.1. The van der Waals surface area contributed by atoms with Crippen molar-refractivity contribution in [3.63, 3.8) is 0 Å². The smallest absolute Gasteiger partial charge is 0.379 e. The maximum Gasteiger partial charge on any atom is 0.416 e. The molecule has 1 nitrogen and oxygen atoms in total. The van der Waals surface area contributed by atoms with Gasteiger partial charge >= 0.3 is 6.18 Å². The molecule has 2 aromatic carbocycles. The number of hydrogen-bond donors (Lipinski definition) is 1. The highest BCUT2D eigenvalue weighted by molar-refractivity contribution is 9.11. The number of benzene rings is 2. The first-order valence-corrected chi connectivity index (χ1v) is 7.72. The Kier molecular flexibility index (Phi) is 4.99. The van der Waals surface area contributed by atoms with E-state index in [1.807, 2.05) is 19.1 Å². The first kappa shape index (κ1) is 16.4. The van der Waals surface area contributed by atoms with Crippen LogP contribution in [0.1, 0.15) is 16.7 Å². The summed E-state index contributed by atoms with van der Waals surface area (Å²) in [7, 11) is 0. The van der Waals surface area contributed by atoms with Gasteiger partial charge in [-0.1, -0.05) is 18.2 Å². The molecule has 0 aliphatic carbocycles. The summed E-state index contributed by atoms with van der Waals surface area (Å²) in [5.74, 6) is 0. The lowest BCUT2D eigenvalue weighted by molar-refractivity contribution is -0.138.